The summed E-state index contributed by atoms with van der Waals surface area (Å²) in [4.78, 5) is 16.9. The molecule has 178 valence electrons. The maximum atomic E-state index is 12.0. The molecule has 1 heterocycles. The minimum atomic E-state index is -0.332. The first kappa shape index (κ1) is 24.6. The molecule has 1 amide bonds. The molecule has 0 bridgehead atoms. The summed E-state index contributed by atoms with van der Waals surface area (Å²) in [6.07, 6.45) is 4.92. The summed E-state index contributed by atoms with van der Waals surface area (Å²) in [7, 11) is 1.66. The van der Waals surface area contributed by atoms with E-state index in [4.69, 9.17) is 14.5 Å². The Morgan fingerprint density at radius 3 is 2.58 bits per heavy atom. The lowest BCUT2D eigenvalue weighted by Crippen LogP contribution is -2.35. The van der Waals surface area contributed by atoms with Crippen molar-refractivity contribution in [1.82, 2.24) is 14.9 Å². The van der Waals surface area contributed by atoms with Crippen LogP contribution in [0, 0.1) is 5.41 Å². The highest BCUT2D eigenvalue weighted by Crippen LogP contribution is 2.21. The van der Waals surface area contributed by atoms with Gasteiger partial charge in [-0.15, -0.1) is 0 Å². The van der Waals surface area contributed by atoms with E-state index >= 15 is 0 Å². The van der Waals surface area contributed by atoms with Gasteiger partial charge in [0.05, 0.1) is 24.8 Å². The Hall–Kier alpha value is -3.02. The smallest absolute Gasteiger partial charge is 0.225 e. The second kappa shape index (κ2) is 11.7. The second-order valence-corrected chi connectivity index (χ2v) is 9.37. The summed E-state index contributed by atoms with van der Waals surface area (Å²) < 4.78 is 13.5. The zero-order valence-electron chi connectivity index (χ0n) is 20.4. The number of aryl methyl sites for hydroxylation is 2. The van der Waals surface area contributed by atoms with Crippen LogP contribution in [0.3, 0.4) is 0 Å². The minimum Gasteiger partial charge on any atom is -0.497 e. The maximum absolute atomic E-state index is 12.0. The summed E-state index contributed by atoms with van der Waals surface area (Å²) in [6.45, 7) is 8.04. The number of hydrogen-bond donors (Lipinski definition) is 1. The fraction of sp³-hybridized carbons (Fsp3) is 0.481. The van der Waals surface area contributed by atoms with E-state index in [1.807, 2.05) is 51.1 Å². The SMILES string of the molecule is COc1cccc(OCCCn2c(CCCCCNC(=O)C(C)(C)C)nc3ccccc32)c1. The van der Waals surface area contributed by atoms with Crippen molar-refractivity contribution in [3.63, 3.8) is 0 Å². The standard InChI is InChI=1S/C27H37N3O3/c1-27(2,3)26(31)28-17-9-5-6-16-25-29-23-14-7-8-15-24(23)30(25)18-11-19-33-22-13-10-12-21(20-22)32-4/h7-8,10,12-15,20H,5-6,9,11,16-19H2,1-4H3,(H,28,31). The summed E-state index contributed by atoms with van der Waals surface area (Å²) >= 11 is 0. The second-order valence-electron chi connectivity index (χ2n) is 9.37. The van der Waals surface area contributed by atoms with Gasteiger partial charge in [0.2, 0.25) is 5.91 Å². The van der Waals surface area contributed by atoms with Gasteiger partial charge in [-0.1, -0.05) is 45.4 Å². The third kappa shape index (κ3) is 7.24. The molecular formula is C27H37N3O3. The monoisotopic (exact) mass is 451 g/mol. The Kier molecular flexibility index (Phi) is 8.75. The Labute approximate surface area is 197 Å². The van der Waals surface area contributed by atoms with Gasteiger partial charge in [-0.25, -0.2) is 4.98 Å². The number of imidazole rings is 1. The van der Waals surface area contributed by atoms with Crippen LogP contribution in [-0.2, 0) is 17.8 Å². The minimum absolute atomic E-state index is 0.112. The number of carbonyl (C=O) groups excluding carboxylic acids is 1. The molecule has 0 spiro atoms. The number of methoxy groups -OCH3 is 1. The van der Waals surface area contributed by atoms with Gasteiger partial charge < -0.3 is 19.4 Å². The number of ether oxygens (including phenoxy) is 2. The molecule has 0 saturated carbocycles. The van der Waals surface area contributed by atoms with E-state index in [1.54, 1.807) is 7.11 Å². The maximum Gasteiger partial charge on any atom is 0.225 e. The number of amides is 1. The van der Waals surface area contributed by atoms with Crippen molar-refractivity contribution in [2.75, 3.05) is 20.3 Å². The fourth-order valence-corrected chi connectivity index (χ4v) is 3.72. The van der Waals surface area contributed by atoms with E-state index < -0.39 is 0 Å². The number of benzene rings is 2. The molecule has 0 atom stereocenters. The predicted molar refractivity (Wildman–Crippen MR) is 133 cm³/mol. The molecule has 0 aliphatic carbocycles. The van der Waals surface area contributed by atoms with Crippen molar-refractivity contribution in [1.29, 1.82) is 0 Å². The molecule has 0 unspecified atom stereocenters. The average molecular weight is 452 g/mol. The van der Waals surface area contributed by atoms with Crippen molar-refractivity contribution < 1.29 is 14.3 Å². The molecule has 0 aliphatic heterocycles. The van der Waals surface area contributed by atoms with Crippen LogP contribution < -0.4 is 14.8 Å². The molecule has 6 heteroatoms. The number of para-hydroxylation sites is 2. The lowest BCUT2D eigenvalue weighted by molar-refractivity contribution is -0.128. The molecule has 3 aromatic rings. The summed E-state index contributed by atoms with van der Waals surface area (Å²) in [5.74, 6) is 2.86. The third-order valence-corrected chi connectivity index (χ3v) is 5.61. The summed E-state index contributed by atoms with van der Waals surface area (Å²) in [5.41, 5.74) is 1.88. The first-order chi connectivity index (χ1) is 15.9. The molecule has 6 nitrogen and oxygen atoms in total. The number of nitrogens with one attached hydrogen (secondary N) is 1. The van der Waals surface area contributed by atoms with Crippen molar-refractivity contribution in [2.24, 2.45) is 5.41 Å². The van der Waals surface area contributed by atoms with E-state index in [0.29, 0.717) is 6.61 Å². The van der Waals surface area contributed by atoms with Crippen molar-refractivity contribution in [3.8, 4) is 11.5 Å². The number of fused-ring (bicyclic) bond motifs is 1. The normalized spacial score (nSPS) is 11.5. The fourth-order valence-electron chi connectivity index (χ4n) is 3.72. The van der Waals surface area contributed by atoms with Crippen LogP contribution in [0.5, 0.6) is 11.5 Å². The third-order valence-electron chi connectivity index (χ3n) is 5.61. The van der Waals surface area contributed by atoms with Crippen LogP contribution in [-0.4, -0.2) is 35.7 Å². The topological polar surface area (TPSA) is 65.4 Å². The van der Waals surface area contributed by atoms with Gasteiger partial charge >= 0.3 is 0 Å². The van der Waals surface area contributed by atoms with Crippen LogP contribution >= 0.6 is 0 Å². The van der Waals surface area contributed by atoms with Gasteiger partial charge in [-0.2, -0.15) is 0 Å². The lowest BCUT2D eigenvalue weighted by Gasteiger charge is -2.17. The van der Waals surface area contributed by atoms with Crippen LogP contribution in [0.2, 0.25) is 0 Å². The zero-order chi connectivity index (χ0) is 23.7. The van der Waals surface area contributed by atoms with E-state index in [-0.39, 0.29) is 11.3 Å². The Morgan fingerprint density at radius 1 is 1.00 bits per heavy atom. The number of rotatable bonds is 12. The molecule has 0 aliphatic rings. The highest BCUT2D eigenvalue weighted by molar-refractivity contribution is 5.81. The van der Waals surface area contributed by atoms with Crippen molar-refractivity contribution in [2.45, 2.75) is 59.4 Å². The van der Waals surface area contributed by atoms with Crippen LogP contribution in [0.25, 0.3) is 11.0 Å². The van der Waals surface area contributed by atoms with Gasteiger partial charge in [-0.05, 0) is 43.5 Å². The van der Waals surface area contributed by atoms with Crippen LogP contribution in [0.15, 0.2) is 48.5 Å². The lowest BCUT2D eigenvalue weighted by atomic mass is 9.96. The molecule has 3 rings (SSSR count). The number of unbranched alkanes of at least 4 members (excludes halogenated alkanes) is 2. The predicted octanol–water partition coefficient (Wildman–Crippen LogP) is 5.39. The number of nitrogens with zero attached hydrogens (tertiary/aromatic N) is 2. The first-order valence-corrected chi connectivity index (χ1v) is 11.9. The molecule has 1 N–H and O–H groups in total. The van der Waals surface area contributed by atoms with Gasteiger partial charge in [0, 0.05) is 31.0 Å². The van der Waals surface area contributed by atoms with Crippen LogP contribution in [0.4, 0.5) is 0 Å². The quantitative estimate of drug-likeness (QED) is 0.375. The van der Waals surface area contributed by atoms with Gasteiger partial charge in [0.1, 0.15) is 17.3 Å². The van der Waals surface area contributed by atoms with E-state index in [1.165, 1.54) is 5.52 Å². The van der Waals surface area contributed by atoms with Gasteiger partial charge in [0.25, 0.3) is 0 Å². The first-order valence-electron chi connectivity index (χ1n) is 11.9. The highest BCUT2D eigenvalue weighted by atomic mass is 16.5. The molecule has 0 saturated heterocycles. The Bertz CT molecular complexity index is 1040. The van der Waals surface area contributed by atoms with Crippen LogP contribution in [0.1, 0.15) is 52.3 Å². The molecule has 1 aromatic heterocycles. The van der Waals surface area contributed by atoms with Gasteiger partial charge in [-0.3, -0.25) is 4.79 Å². The molecule has 33 heavy (non-hydrogen) atoms. The average Bonchev–Trinajstić information content (AvgIpc) is 3.15. The summed E-state index contributed by atoms with van der Waals surface area (Å²) in [5, 5.41) is 3.03. The Morgan fingerprint density at radius 2 is 1.79 bits per heavy atom. The Balaban J connectivity index is 1.50. The molecule has 0 fully saturated rings. The molecule has 2 aromatic carbocycles. The number of aromatic nitrogens is 2. The van der Waals surface area contributed by atoms with E-state index in [9.17, 15) is 4.79 Å². The highest BCUT2D eigenvalue weighted by Gasteiger charge is 2.20. The zero-order valence-corrected chi connectivity index (χ0v) is 20.4. The number of carbonyl (C=O) groups is 1. The van der Waals surface area contributed by atoms with Crippen molar-refractivity contribution in [3.05, 3.63) is 54.4 Å². The van der Waals surface area contributed by atoms with E-state index in [0.717, 1.165) is 68.0 Å². The number of hydrogen-bond acceptors (Lipinski definition) is 4. The van der Waals surface area contributed by atoms with Crippen molar-refractivity contribution >= 4 is 16.9 Å². The molecular weight excluding hydrogens is 414 g/mol. The summed E-state index contributed by atoms with van der Waals surface area (Å²) in [6, 6.07) is 16.0. The molecule has 0 radical (unpaired) electrons. The van der Waals surface area contributed by atoms with Gasteiger partial charge in [0.15, 0.2) is 0 Å². The van der Waals surface area contributed by atoms with E-state index in [2.05, 4.69) is 28.1 Å². The largest absolute Gasteiger partial charge is 0.497 e.